The van der Waals surface area contributed by atoms with E-state index in [0.717, 1.165) is 43.9 Å². The Labute approximate surface area is 72.8 Å². The third-order valence-electron chi connectivity index (χ3n) is 3.05. The summed E-state index contributed by atoms with van der Waals surface area (Å²) in [7, 11) is 0. The van der Waals surface area contributed by atoms with Gasteiger partial charge in [0.25, 0.3) is 5.91 Å². The molecule has 4 heteroatoms. The van der Waals surface area contributed by atoms with Gasteiger partial charge in [0.2, 0.25) is 0 Å². The first kappa shape index (κ1) is 8.44. The summed E-state index contributed by atoms with van der Waals surface area (Å²) in [5, 5.41) is 0. The molecular weight excluding hydrogens is 156 g/mol. The molecule has 0 aromatic carbocycles. The summed E-state index contributed by atoms with van der Waals surface area (Å²) in [6, 6.07) is 0. The lowest BCUT2D eigenvalue weighted by atomic mass is 10.2. The smallest absolute Gasteiger partial charge is 0.277 e. The molecule has 0 radical (unpaired) electrons. The number of ether oxygens (including phenoxy) is 2. The molecular formula is C8H17N2O2+. The Morgan fingerprint density at radius 1 is 1.33 bits per heavy atom. The normalized spacial score (nSPS) is 47.5. The Balaban J connectivity index is 2.16. The summed E-state index contributed by atoms with van der Waals surface area (Å²) in [5.41, 5.74) is 5.90. The van der Waals surface area contributed by atoms with Gasteiger partial charge in [0.05, 0.1) is 6.54 Å². The molecule has 2 rings (SSSR count). The molecule has 12 heavy (non-hydrogen) atoms. The fourth-order valence-electron chi connectivity index (χ4n) is 2.12. The molecule has 2 aliphatic rings. The Morgan fingerprint density at radius 2 is 1.92 bits per heavy atom. The molecule has 2 fully saturated rings. The van der Waals surface area contributed by atoms with Crippen LogP contribution < -0.4 is 5.73 Å². The molecule has 4 nitrogen and oxygen atoms in total. The maximum Gasteiger partial charge on any atom is 0.277 e. The highest BCUT2D eigenvalue weighted by Gasteiger charge is 2.47. The number of morpholine rings is 2. The second kappa shape index (κ2) is 2.67. The van der Waals surface area contributed by atoms with E-state index >= 15 is 0 Å². The molecule has 0 aliphatic carbocycles. The minimum atomic E-state index is -0.785. The number of nitrogens with two attached hydrogens (primary N) is 1. The number of likely N-dealkylation sites (N-methyl/N-ethyl adjacent to an activating group) is 1. The third kappa shape index (κ3) is 1.25. The van der Waals surface area contributed by atoms with E-state index in [1.165, 1.54) is 0 Å². The first-order chi connectivity index (χ1) is 5.68. The van der Waals surface area contributed by atoms with E-state index in [-0.39, 0.29) is 0 Å². The first-order valence-corrected chi connectivity index (χ1v) is 4.60. The summed E-state index contributed by atoms with van der Waals surface area (Å²) < 4.78 is 11.9. The van der Waals surface area contributed by atoms with Gasteiger partial charge in [-0.05, 0) is 6.92 Å². The third-order valence-corrected chi connectivity index (χ3v) is 3.05. The zero-order valence-corrected chi connectivity index (χ0v) is 7.58. The van der Waals surface area contributed by atoms with E-state index in [1.54, 1.807) is 0 Å². The Bertz CT molecular complexity index is 174. The van der Waals surface area contributed by atoms with E-state index in [9.17, 15) is 0 Å². The van der Waals surface area contributed by atoms with Gasteiger partial charge in [-0.15, -0.1) is 0 Å². The molecule has 0 unspecified atom stereocenters. The maximum atomic E-state index is 5.90. The average Bonchev–Trinajstić information content (AvgIpc) is 2.03. The van der Waals surface area contributed by atoms with Crippen LogP contribution in [0.15, 0.2) is 0 Å². The van der Waals surface area contributed by atoms with Gasteiger partial charge in [-0.3, -0.25) is 5.73 Å². The molecule has 70 valence electrons. The molecule has 0 atom stereocenters. The van der Waals surface area contributed by atoms with Gasteiger partial charge in [0.1, 0.15) is 32.8 Å². The summed E-state index contributed by atoms with van der Waals surface area (Å²) in [5.74, 6) is -0.785. The van der Waals surface area contributed by atoms with Crippen LogP contribution in [0.3, 0.4) is 0 Å². The molecule has 0 aromatic heterocycles. The van der Waals surface area contributed by atoms with E-state index in [1.807, 2.05) is 0 Å². The molecule has 2 bridgehead atoms. The number of hydrogen-bond donors (Lipinski definition) is 1. The molecule has 2 heterocycles. The minimum Gasteiger partial charge on any atom is -0.327 e. The molecule has 0 saturated carbocycles. The largest absolute Gasteiger partial charge is 0.327 e. The maximum absolute atomic E-state index is 5.90. The number of nitrogens with zero attached hydrogens (tertiary/aromatic N) is 1. The molecule has 0 aromatic rings. The van der Waals surface area contributed by atoms with E-state index in [4.69, 9.17) is 15.2 Å². The number of quaternary nitrogens is 1. The van der Waals surface area contributed by atoms with Gasteiger partial charge < -0.3 is 14.0 Å². The van der Waals surface area contributed by atoms with Gasteiger partial charge in [0, 0.05) is 0 Å². The van der Waals surface area contributed by atoms with Crippen LogP contribution in [0.1, 0.15) is 6.92 Å². The molecule has 0 spiro atoms. The van der Waals surface area contributed by atoms with Gasteiger partial charge in [-0.25, -0.2) is 0 Å². The van der Waals surface area contributed by atoms with Crippen LogP contribution in [0.25, 0.3) is 0 Å². The number of fused-ring (bicyclic) bond motifs is 2. The first-order valence-electron chi connectivity index (χ1n) is 4.60. The predicted octanol–water partition coefficient (Wildman–Crippen LogP) is -0.504. The highest BCUT2D eigenvalue weighted by molar-refractivity contribution is 4.70. The zero-order valence-electron chi connectivity index (χ0n) is 7.58. The van der Waals surface area contributed by atoms with Crippen LogP contribution in [0.4, 0.5) is 0 Å². The highest BCUT2D eigenvalue weighted by atomic mass is 16.7. The zero-order chi connectivity index (χ0) is 8.66. The van der Waals surface area contributed by atoms with Crippen molar-refractivity contribution in [1.82, 2.24) is 0 Å². The van der Waals surface area contributed by atoms with Crippen molar-refractivity contribution in [2.75, 3.05) is 39.4 Å². The van der Waals surface area contributed by atoms with Crippen molar-refractivity contribution >= 4 is 0 Å². The predicted molar refractivity (Wildman–Crippen MR) is 44.2 cm³/mol. The average molecular weight is 173 g/mol. The van der Waals surface area contributed by atoms with Gasteiger partial charge in [-0.1, -0.05) is 0 Å². The van der Waals surface area contributed by atoms with E-state index in [0.29, 0.717) is 0 Å². The monoisotopic (exact) mass is 173 g/mol. The Kier molecular flexibility index (Phi) is 1.88. The van der Waals surface area contributed by atoms with Crippen LogP contribution in [0.5, 0.6) is 0 Å². The molecule has 0 amide bonds. The number of hydrogen-bond acceptors (Lipinski definition) is 3. The van der Waals surface area contributed by atoms with Crippen LogP contribution in [0.2, 0.25) is 0 Å². The summed E-state index contributed by atoms with van der Waals surface area (Å²) in [4.78, 5) is 0. The Hall–Kier alpha value is -0.160. The lowest BCUT2D eigenvalue weighted by Gasteiger charge is -2.50. The van der Waals surface area contributed by atoms with Crippen molar-refractivity contribution in [2.45, 2.75) is 12.8 Å². The van der Waals surface area contributed by atoms with Gasteiger partial charge >= 0.3 is 0 Å². The van der Waals surface area contributed by atoms with Gasteiger partial charge in [-0.2, -0.15) is 0 Å². The summed E-state index contributed by atoms with van der Waals surface area (Å²) in [6.07, 6.45) is 0. The Morgan fingerprint density at radius 3 is 2.33 bits per heavy atom. The highest BCUT2D eigenvalue weighted by Crippen LogP contribution is 2.25. The molecule has 2 N–H and O–H groups in total. The van der Waals surface area contributed by atoms with Crippen molar-refractivity contribution in [3.8, 4) is 0 Å². The standard InChI is InChI=1S/C8H17N2O2/c1-2-10-3-5-11-8(9,7-10)12-6-4-10/h2-7,9H2,1H3/q+1. The second-order valence-electron chi connectivity index (χ2n) is 3.77. The van der Waals surface area contributed by atoms with Crippen molar-refractivity contribution in [3.63, 3.8) is 0 Å². The summed E-state index contributed by atoms with van der Waals surface area (Å²) >= 11 is 0. The van der Waals surface area contributed by atoms with E-state index < -0.39 is 5.91 Å². The van der Waals surface area contributed by atoms with Crippen LogP contribution in [-0.4, -0.2) is 49.8 Å². The van der Waals surface area contributed by atoms with Crippen LogP contribution in [0, 0.1) is 0 Å². The van der Waals surface area contributed by atoms with Crippen LogP contribution in [-0.2, 0) is 9.47 Å². The van der Waals surface area contributed by atoms with Crippen LogP contribution >= 0.6 is 0 Å². The van der Waals surface area contributed by atoms with Crippen molar-refractivity contribution in [3.05, 3.63) is 0 Å². The fraction of sp³-hybridized carbons (Fsp3) is 1.00. The minimum absolute atomic E-state index is 0.727. The van der Waals surface area contributed by atoms with E-state index in [2.05, 4.69) is 6.92 Å². The molecule has 2 saturated heterocycles. The van der Waals surface area contributed by atoms with Crippen molar-refractivity contribution in [1.29, 1.82) is 0 Å². The van der Waals surface area contributed by atoms with Crippen molar-refractivity contribution < 1.29 is 14.0 Å². The molecule has 2 aliphatic heterocycles. The lowest BCUT2D eigenvalue weighted by Crippen LogP contribution is -2.71. The summed E-state index contributed by atoms with van der Waals surface area (Å²) in [6.45, 7) is 7.76. The SMILES string of the molecule is CC[N+]12CCOC(N)(C1)OCC2. The second-order valence-corrected chi connectivity index (χ2v) is 3.77. The number of rotatable bonds is 1. The lowest BCUT2D eigenvalue weighted by molar-refractivity contribution is -0.955. The quantitative estimate of drug-likeness (QED) is 0.543. The topological polar surface area (TPSA) is 44.5 Å². The van der Waals surface area contributed by atoms with Gasteiger partial charge in [0.15, 0.2) is 0 Å². The van der Waals surface area contributed by atoms with Crippen molar-refractivity contribution in [2.24, 2.45) is 5.73 Å². The fourth-order valence-corrected chi connectivity index (χ4v) is 2.12.